The summed E-state index contributed by atoms with van der Waals surface area (Å²) in [6.45, 7) is -1.49. The predicted octanol–water partition coefficient (Wildman–Crippen LogP) is 1.81. The van der Waals surface area contributed by atoms with Gasteiger partial charge in [0.15, 0.2) is 16.7 Å². The molecule has 0 fully saturated rings. The summed E-state index contributed by atoms with van der Waals surface area (Å²) in [6.07, 6.45) is 0. The molecule has 4 nitrogen and oxygen atoms in total. The van der Waals surface area contributed by atoms with Crippen molar-refractivity contribution >= 4 is 32.7 Å². The van der Waals surface area contributed by atoms with Crippen molar-refractivity contribution in [2.45, 2.75) is 5.25 Å². The molecular weight excluding hydrogens is 357 g/mol. The number of hydrogen-bond donors (Lipinski definition) is 0. The highest BCUT2D eigenvalue weighted by Crippen LogP contribution is 2.22. The lowest BCUT2D eigenvalue weighted by Crippen LogP contribution is -2.35. The second kappa shape index (κ2) is 4.80. The molecule has 0 aliphatic rings. The van der Waals surface area contributed by atoms with Crippen LogP contribution in [0.2, 0.25) is 0 Å². The van der Waals surface area contributed by atoms with Crippen LogP contribution in [-0.2, 0) is 10.1 Å². The highest BCUT2D eigenvalue weighted by atomic mass is 127. The molecule has 16 heavy (non-hydrogen) atoms. The fourth-order valence-corrected chi connectivity index (χ4v) is 1.33. The van der Waals surface area contributed by atoms with Crippen LogP contribution in [-0.4, -0.2) is 24.8 Å². The van der Waals surface area contributed by atoms with Crippen LogP contribution in [0.25, 0.3) is 0 Å². The zero-order valence-electron chi connectivity index (χ0n) is 7.69. The highest BCUT2D eigenvalue weighted by molar-refractivity contribution is 14.1. The fraction of sp³-hybridized carbons (Fsp3) is 0.250. The van der Waals surface area contributed by atoms with Gasteiger partial charge in [-0.2, -0.15) is 8.78 Å². The van der Waals surface area contributed by atoms with Crippen LogP contribution in [0.3, 0.4) is 0 Å². The molecule has 0 atom stereocenters. The van der Waals surface area contributed by atoms with Gasteiger partial charge in [0.05, 0.1) is 0 Å². The summed E-state index contributed by atoms with van der Waals surface area (Å²) in [6, 6.07) is 5.99. The molecule has 0 heterocycles. The van der Waals surface area contributed by atoms with Gasteiger partial charge in [0.1, 0.15) is 5.75 Å². The minimum atomic E-state index is -5.69. The van der Waals surface area contributed by atoms with Gasteiger partial charge in [-0.15, -0.1) is 0 Å². The second-order valence-electron chi connectivity index (χ2n) is 2.83. The Morgan fingerprint density at radius 2 is 1.81 bits per heavy atom. The van der Waals surface area contributed by atoms with Gasteiger partial charge >= 0.3 is 5.25 Å². The van der Waals surface area contributed by atoms with Crippen LogP contribution in [0, 0.1) is 3.57 Å². The van der Waals surface area contributed by atoms with E-state index in [1.54, 1.807) is 12.1 Å². The van der Waals surface area contributed by atoms with E-state index in [9.17, 15) is 21.8 Å². The van der Waals surface area contributed by atoms with Crippen molar-refractivity contribution < 1.29 is 26.5 Å². The third kappa shape index (κ3) is 3.52. The second-order valence-corrected chi connectivity index (χ2v) is 5.59. The van der Waals surface area contributed by atoms with Gasteiger partial charge in [-0.05, 0) is 46.9 Å². The first-order valence-corrected chi connectivity index (χ1v) is 6.43. The van der Waals surface area contributed by atoms with Crippen LogP contribution < -0.4 is 4.74 Å². The Bertz CT molecular complexity index is 457. The highest BCUT2D eigenvalue weighted by Gasteiger charge is 2.38. The molecule has 1 aromatic rings. The zero-order valence-corrected chi connectivity index (χ0v) is 10.7. The van der Waals surface area contributed by atoms with Gasteiger partial charge in [-0.3, -0.25) is 0 Å². The molecule has 0 saturated heterocycles. The lowest BCUT2D eigenvalue weighted by molar-refractivity contribution is 0.0279. The third-order valence-electron chi connectivity index (χ3n) is 1.59. The van der Waals surface area contributed by atoms with Gasteiger partial charge in [0.25, 0.3) is 0 Å². The summed E-state index contributed by atoms with van der Waals surface area (Å²) in [4.78, 5) is 0. The van der Waals surface area contributed by atoms with Crippen molar-refractivity contribution in [2.24, 2.45) is 0 Å². The maximum atomic E-state index is 12.7. The Hall–Kier alpha value is -0.480. The largest absolute Gasteiger partial charge is 0.743 e. The topological polar surface area (TPSA) is 66.4 Å². The molecule has 0 bridgehead atoms. The average Bonchev–Trinajstić information content (AvgIpc) is 2.15. The van der Waals surface area contributed by atoms with E-state index >= 15 is 0 Å². The van der Waals surface area contributed by atoms with Crippen LogP contribution in [0.15, 0.2) is 24.3 Å². The summed E-state index contributed by atoms with van der Waals surface area (Å²) < 4.78 is 61.2. The summed E-state index contributed by atoms with van der Waals surface area (Å²) in [5, 5.41) is -4.42. The van der Waals surface area contributed by atoms with E-state index in [0.717, 1.165) is 3.57 Å². The first kappa shape index (κ1) is 13.6. The van der Waals surface area contributed by atoms with E-state index in [4.69, 9.17) is 0 Å². The monoisotopic (exact) mass is 363 g/mol. The van der Waals surface area contributed by atoms with Crippen molar-refractivity contribution in [3.05, 3.63) is 27.8 Å². The van der Waals surface area contributed by atoms with Crippen molar-refractivity contribution in [3.63, 3.8) is 0 Å². The molecule has 90 valence electrons. The fourth-order valence-electron chi connectivity index (χ4n) is 0.770. The molecule has 0 amide bonds. The van der Waals surface area contributed by atoms with Crippen molar-refractivity contribution in [1.82, 2.24) is 0 Å². The molecule has 0 aliphatic carbocycles. The lowest BCUT2D eigenvalue weighted by atomic mass is 10.3. The van der Waals surface area contributed by atoms with Gasteiger partial charge in [0.2, 0.25) is 0 Å². The molecule has 1 rings (SSSR count). The summed E-state index contributed by atoms with van der Waals surface area (Å²) in [5.74, 6) is 0.0729. The van der Waals surface area contributed by atoms with Crippen molar-refractivity contribution in [3.8, 4) is 5.75 Å². The summed E-state index contributed by atoms with van der Waals surface area (Å²) in [7, 11) is -5.69. The first-order valence-electron chi connectivity index (χ1n) is 3.94. The number of halogens is 3. The van der Waals surface area contributed by atoms with E-state index < -0.39 is 22.0 Å². The molecule has 0 aliphatic heterocycles. The zero-order chi connectivity index (χ0) is 12.4. The lowest BCUT2D eigenvalue weighted by Gasteiger charge is -2.19. The Balaban J connectivity index is 2.68. The first-order chi connectivity index (χ1) is 7.22. The Morgan fingerprint density at radius 3 is 2.25 bits per heavy atom. The van der Waals surface area contributed by atoms with E-state index in [2.05, 4.69) is 4.74 Å². The summed E-state index contributed by atoms with van der Waals surface area (Å²) in [5.41, 5.74) is 0. The van der Waals surface area contributed by atoms with Crippen LogP contribution in [0.5, 0.6) is 5.75 Å². The van der Waals surface area contributed by atoms with E-state index in [1.165, 1.54) is 12.1 Å². The number of hydrogen-bond acceptors (Lipinski definition) is 4. The molecule has 0 N–H and O–H groups in total. The minimum absolute atomic E-state index is 0.0729. The Morgan fingerprint density at radius 1 is 1.31 bits per heavy atom. The van der Waals surface area contributed by atoms with Crippen molar-refractivity contribution in [2.75, 3.05) is 6.61 Å². The standard InChI is InChI=1S/C8H7F2IO4S/c9-8(10,16(12,13)14)5-15-7-3-1-6(11)2-4-7/h1-4H,5H2,(H,12,13,14)/p-1. The number of rotatable bonds is 4. The predicted molar refractivity (Wildman–Crippen MR) is 59.3 cm³/mol. The van der Waals surface area contributed by atoms with Gasteiger partial charge in [-0.1, -0.05) is 0 Å². The van der Waals surface area contributed by atoms with E-state index in [1.807, 2.05) is 22.6 Å². The molecule has 0 saturated carbocycles. The number of alkyl halides is 2. The normalized spacial score (nSPS) is 12.5. The van der Waals surface area contributed by atoms with Gasteiger partial charge in [-0.25, -0.2) is 8.42 Å². The number of benzene rings is 1. The van der Waals surface area contributed by atoms with Gasteiger partial charge in [0, 0.05) is 3.57 Å². The number of ether oxygens (including phenoxy) is 1. The van der Waals surface area contributed by atoms with Crippen LogP contribution >= 0.6 is 22.6 Å². The summed E-state index contributed by atoms with van der Waals surface area (Å²) >= 11 is 2.00. The smallest absolute Gasteiger partial charge is 0.367 e. The maximum absolute atomic E-state index is 12.7. The average molecular weight is 363 g/mol. The van der Waals surface area contributed by atoms with E-state index in [0.29, 0.717) is 0 Å². The van der Waals surface area contributed by atoms with E-state index in [-0.39, 0.29) is 5.75 Å². The molecular formula is C8H6F2IO4S-. The molecule has 0 unspecified atom stereocenters. The SMILES string of the molecule is O=S(=O)([O-])C(F)(F)COc1ccc(I)cc1. The molecule has 8 heteroatoms. The van der Waals surface area contributed by atoms with Crippen LogP contribution in [0.1, 0.15) is 0 Å². The Kier molecular flexibility index (Phi) is 4.07. The molecule has 1 aromatic carbocycles. The van der Waals surface area contributed by atoms with Gasteiger partial charge < -0.3 is 9.29 Å². The molecule has 0 radical (unpaired) electrons. The quantitative estimate of drug-likeness (QED) is 0.605. The van der Waals surface area contributed by atoms with Crippen molar-refractivity contribution in [1.29, 1.82) is 0 Å². The third-order valence-corrected chi connectivity index (χ3v) is 3.15. The molecule has 0 spiro atoms. The van der Waals surface area contributed by atoms with Crippen LogP contribution in [0.4, 0.5) is 8.78 Å². The Labute approximate surface area is 104 Å². The molecule has 0 aromatic heterocycles. The minimum Gasteiger partial charge on any atom is -0.743 e. The maximum Gasteiger partial charge on any atom is 0.367 e.